The van der Waals surface area contributed by atoms with E-state index in [4.69, 9.17) is 15.9 Å². The van der Waals surface area contributed by atoms with Gasteiger partial charge in [-0.05, 0) is 46.5 Å². The molecule has 0 spiro atoms. The zero-order valence-corrected chi connectivity index (χ0v) is 20.3. The molecule has 174 valence electrons. The summed E-state index contributed by atoms with van der Waals surface area (Å²) in [5.74, 6) is 2.17. The Morgan fingerprint density at radius 1 is 1.32 bits per heavy atom. The number of hydrogen-bond acceptors (Lipinski definition) is 7. The van der Waals surface area contributed by atoms with Crippen molar-refractivity contribution in [2.45, 2.75) is 85.0 Å². The van der Waals surface area contributed by atoms with E-state index in [9.17, 15) is 14.7 Å². The molecule has 0 saturated carbocycles. The molecule has 1 heterocycles. The third kappa shape index (κ3) is 9.28. The summed E-state index contributed by atoms with van der Waals surface area (Å²) < 4.78 is 10.6. The first kappa shape index (κ1) is 26.9. The highest BCUT2D eigenvalue weighted by Gasteiger charge is 2.32. The largest absolute Gasteiger partial charge is 0.461 e. The lowest BCUT2D eigenvalue weighted by Gasteiger charge is -2.36. The van der Waals surface area contributed by atoms with Crippen molar-refractivity contribution in [1.29, 1.82) is 0 Å². The number of aliphatic hydroxyl groups is 1. The Kier molecular flexibility index (Phi) is 11.0. The van der Waals surface area contributed by atoms with Gasteiger partial charge < -0.3 is 19.5 Å². The molecule has 1 rings (SSSR count). The van der Waals surface area contributed by atoms with Gasteiger partial charge >= 0.3 is 12.1 Å². The van der Waals surface area contributed by atoms with E-state index in [0.29, 0.717) is 18.0 Å². The maximum atomic E-state index is 13.0. The van der Waals surface area contributed by atoms with Crippen molar-refractivity contribution in [3.63, 3.8) is 0 Å². The van der Waals surface area contributed by atoms with Crippen LogP contribution in [0.1, 0.15) is 88.8 Å². The van der Waals surface area contributed by atoms with Crippen molar-refractivity contribution in [3.8, 4) is 12.3 Å². The van der Waals surface area contributed by atoms with Crippen LogP contribution in [0, 0.1) is 18.3 Å². The topological polar surface area (TPSA) is 89.0 Å². The van der Waals surface area contributed by atoms with Crippen molar-refractivity contribution in [3.05, 3.63) is 16.1 Å². The monoisotopic (exact) mass is 452 g/mol. The van der Waals surface area contributed by atoms with E-state index < -0.39 is 23.8 Å². The average Bonchev–Trinajstić information content (AvgIpc) is 3.15. The van der Waals surface area contributed by atoms with Gasteiger partial charge in [0, 0.05) is 30.8 Å². The first-order valence-corrected chi connectivity index (χ1v) is 11.6. The maximum Gasteiger partial charge on any atom is 0.410 e. The zero-order chi connectivity index (χ0) is 23.6. The van der Waals surface area contributed by atoms with Gasteiger partial charge in [0.05, 0.1) is 6.61 Å². The van der Waals surface area contributed by atoms with E-state index in [0.717, 1.165) is 12.8 Å². The Morgan fingerprint density at radius 2 is 2.00 bits per heavy atom. The van der Waals surface area contributed by atoms with Gasteiger partial charge in [0.25, 0.3) is 0 Å². The Hall–Kier alpha value is -2.11. The average molecular weight is 453 g/mol. The van der Waals surface area contributed by atoms with Crippen molar-refractivity contribution in [2.24, 2.45) is 5.92 Å². The molecule has 0 radical (unpaired) electrons. The summed E-state index contributed by atoms with van der Waals surface area (Å²) in [6.07, 6.45) is 6.48. The fraction of sp³-hybridized carbons (Fsp3) is 0.696. The molecular weight excluding hydrogens is 416 g/mol. The molecule has 1 amide bonds. The quantitative estimate of drug-likeness (QED) is 0.294. The molecule has 2 atom stereocenters. The van der Waals surface area contributed by atoms with E-state index in [-0.39, 0.29) is 30.7 Å². The van der Waals surface area contributed by atoms with Crippen molar-refractivity contribution >= 4 is 23.4 Å². The van der Waals surface area contributed by atoms with Crippen LogP contribution in [0.15, 0.2) is 5.38 Å². The number of nitrogens with zero attached hydrogens (tertiary/aromatic N) is 2. The van der Waals surface area contributed by atoms with E-state index >= 15 is 0 Å². The van der Waals surface area contributed by atoms with Crippen LogP contribution in [-0.2, 0) is 9.47 Å². The summed E-state index contributed by atoms with van der Waals surface area (Å²) in [6, 6.07) is -0.273. The lowest BCUT2D eigenvalue weighted by molar-refractivity contribution is 0.00263. The number of terminal acetylenes is 1. The number of aromatic nitrogens is 1. The molecule has 31 heavy (non-hydrogen) atoms. The predicted octanol–water partition coefficient (Wildman–Crippen LogP) is 4.81. The molecule has 0 aromatic carbocycles. The predicted molar refractivity (Wildman–Crippen MR) is 122 cm³/mol. The van der Waals surface area contributed by atoms with E-state index in [2.05, 4.69) is 10.9 Å². The van der Waals surface area contributed by atoms with Gasteiger partial charge in [0.2, 0.25) is 0 Å². The molecular formula is C23H36N2O5S. The lowest BCUT2D eigenvalue weighted by Crippen LogP contribution is -2.47. The number of hydrogen-bond donors (Lipinski definition) is 1. The summed E-state index contributed by atoms with van der Waals surface area (Å²) in [6.45, 7) is 12.0. The Balaban J connectivity index is 3.01. The third-order valence-electron chi connectivity index (χ3n) is 4.52. The molecule has 0 unspecified atom stereocenters. The first-order valence-electron chi connectivity index (χ1n) is 10.7. The molecule has 0 aliphatic rings. The number of thiazole rings is 1. The molecule has 8 heteroatoms. The van der Waals surface area contributed by atoms with Crippen molar-refractivity contribution in [2.75, 3.05) is 13.2 Å². The van der Waals surface area contributed by atoms with E-state index in [1.165, 1.54) is 11.3 Å². The molecule has 0 fully saturated rings. The Bertz CT molecular complexity index is 748. The minimum Gasteiger partial charge on any atom is -0.461 e. The van der Waals surface area contributed by atoms with Crippen molar-refractivity contribution < 1.29 is 24.2 Å². The third-order valence-corrected chi connectivity index (χ3v) is 5.47. The number of esters is 1. The van der Waals surface area contributed by atoms with Crippen molar-refractivity contribution in [1.82, 2.24) is 9.88 Å². The van der Waals surface area contributed by atoms with Gasteiger partial charge in [-0.15, -0.1) is 23.7 Å². The number of unbranched alkanes of at least 4 members (excludes halogenated alkanes) is 2. The number of carbonyl (C=O) groups is 2. The van der Waals surface area contributed by atoms with Gasteiger partial charge in [-0.25, -0.2) is 14.6 Å². The van der Waals surface area contributed by atoms with Crippen LogP contribution in [0.25, 0.3) is 0 Å². The fourth-order valence-corrected chi connectivity index (χ4v) is 3.84. The Labute approximate surface area is 190 Å². The molecule has 1 N–H and O–H groups in total. The molecule has 0 aliphatic heterocycles. The maximum absolute atomic E-state index is 13.0. The summed E-state index contributed by atoms with van der Waals surface area (Å²) in [5.41, 5.74) is -0.446. The summed E-state index contributed by atoms with van der Waals surface area (Å²) in [5, 5.41) is 12.8. The van der Waals surface area contributed by atoms with E-state index in [1.54, 1.807) is 17.2 Å². The lowest BCUT2D eigenvalue weighted by atomic mass is 9.96. The van der Waals surface area contributed by atoms with Gasteiger partial charge in [-0.3, -0.25) is 0 Å². The normalized spacial score (nSPS) is 13.4. The standard InChI is InChI=1S/C23H36N2O5S/c1-8-10-11-12-13-25(22(28)30-23(5,6)7)18(16(3)4)14-19(26)20-24-17(15-31-20)21(27)29-9-2/h1,15-16,18-19,26H,9-14H2,2-7H3/t18-,19-/m1/s1. The summed E-state index contributed by atoms with van der Waals surface area (Å²) in [4.78, 5) is 30.7. The number of aliphatic hydroxyl groups excluding tert-OH is 1. The van der Waals surface area contributed by atoms with Crippen LogP contribution >= 0.6 is 11.3 Å². The first-order chi connectivity index (χ1) is 14.5. The second kappa shape index (κ2) is 12.7. The van der Waals surface area contributed by atoms with Gasteiger partial charge in [-0.1, -0.05) is 13.8 Å². The van der Waals surface area contributed by atoms with Gasteiger partial charge in [-0.2, -0.15) is 0 Å². The zero-order valence-electron chi connectivity index (χ0n) is 19.5. The Morgan fingerprint density at radius 3 is 2.55 bits per heavy atom. The fourth-order valence-electron chi connectivity index (χ4n) is 3.05. The van der Waals surface area contributed by atoms with Crippen LogP contribution in [-0.4, -0.2) is 51.8 Å². The molecule has 1 aromatic rings. The van der Waals surface area contributed by atoms with Gasteiger partial charge in [0.1, 0.15) is 16.7 Å². The number of rotatable bonds is 11. The second-order valence-electron chi connectivity index (χ2n) is 8.69. The second-order valence-corrected chi connectivity index (χ2v) is 9.58. The van der Waals surface area contributed by atoms with Gasteiger partial charge in [0.15, 0.2) is 5.69 Å². The number of carbonyl (C=O) groups excluding carboxylic acids is 2. The SMILES string of the molecule is C#CCCCCN(C(=O)OC(C)(C)C)[C@H](C[C@@H](O)c1nc(C(=O)OCC)cs1)C(C)C. The smallest absolute Gasteiger partial charge is 0.410 e. The number of amides is 1. The summed E-state index contributed by atoms with van der Waals surface area (Å²) >= 11 is 1.20. The molecule has 0 saturated heterocycles. The van der Waals surface area contributed by atoms with Crippen LogP contribution in [0.5, 0.6) is 0 Å². The highest BCUT2D eigenvalue weighted by Crippen LogP contribution is 2.28. The molecule has 1 aromatic heterocycles. The molecule has 0 aliphatic carbocycles. The highest BCUT2D eigenvalue weighted by atomic mass is 32.1. The van der Waals surface area contributed by atoms with Crippen LogP contribution in [0.2, 0.25) is 0 Å². The van der Waals surface area contributed by atoms with Crippen LogP contribution in [0.3, 0.4) is 0 Å². The van der Waals surface area contributed by atoms with E-state index in [1.807, 2.05) is 34.6 Å². The summed E-state index contributed by atoms with van der Waals surface area (Å²) in [7, 11) is 0. The minimum atomic E-state index is -0.920. The number of ether oxygens (including phenoxy) is 2. The highest BCUT2D eigenvalue weighted by molar-refractivity contribution is 7.09. The van der Waals surface area contributed by atoms with Crippen LogP contribution in [0.4, 0.5) is 4.79 Å². The molecule has 7 nitrogen and oxygen atoms in total. The molecule has 0 bridgehead atoms. The minimum absolute atomic E-state index is 0.0688. The van der Waals surface area contributed by atoms with Crippen LogP contribution < -0.4 is 0 Å².